The summed E-state index contributed by atoms with van der Waals surface area (Å²) in [5.41, 5.74) is 6.31. The number of anilines is 1. The van der Waals surface area contributed by atoms with E-state index in [1.165, 1.54) is 12.3 Å². The van der Waals surface area contributed by atoms with E-state index < -0.39 is 0 Å². The molecule has 0 fully saturated rings. The van der Waals surface area contributed by atoms with Gasteiger partial charge >= 0.3 is 0 Å². The fourth-order valence-corrected chi connectivity index (χ4v) is 1.67. The molecule has 2 rings (SSSR count). The lowest BCUT2D eigenvalue weighted by Crippen LogP contribution is -1.93. The van der Waals surface area contributed by atoms with Crippen molar-refractivity contribution in [2.45, 2.75) is 20.8 Å². The Bertz CT molecular complexity index is 512. The average Bonchev–Trinajstić information content (AvgIpc) is 2.26. The van der Waals surface area contributed by atoms with Crippen LogP contribution in [0.2, 0.25) is 5.02 Å². The molecule has 0 aliphatic rings. The number of hydrogen-bond donors (Lipinski definition) is 1. The lowest BCUT2D eigenvalue weighted by atomic mass is 10.1. The number of benzene rings is 1. The van der Waals surface area contributed by atoms with Crippen molar-refractivity contribution in [1.82, 2.24) is 4.98 Å². The summed E-state index contributed by atoms with van der Waals surface area (Å²) in [7, 11) is 0. The molecule has 1 heterocycles. The van der Waals surface area contributed by atoms with Gasteiger partial charge in [-0.2, -0.15) is 0 Å². The molecular formula is C12H14ClFN2. The predicted octanol–water partition coefficient (Wildman–Crippen LogP) is 3.94. The maximum absolute atomic E-state index is 13.5. The molecule has 0 saturated carbocycles. The average molecular weight is 241 g/mol. The molecule has 0 saturated heterocycles. The molecule has 0 unspecified atom stereocenters. The van der Waals surface area contributed by atoms with Gasteiger partial charge in [0.25, 0.3) is 0 Å². The summed E-state index contributed by atoms with van der Waals surface area (Å²) in [5.74, 6) is -0.207. The second kappa shape index (κ2) is 5.12. The highest BCUT2D eigenvalue weighted by molar-refractivity contribution is 6.37. The van der Waals surface area contributed by atoms with E-state index in [1.807, 2.05) is 26.8 Å². The second-order valence-corrected chi connectivity index (χ2v) is 3.55. The minimum absolute atomic E-state index is 0.155. The molecular weight excluding hydrogens is 227 g/mol. The highest BCUT2D eigenvalue weighted by Gasteiger charge is 2.09. The fourth-order valence-electron chi connectivity index (χ4n) is 1.43. The van der Waals surface area contributed by atoms with E-state index >= 15 is 0 Å². The molecule has 0 spiro atoms. The van der Waals surface area contributed by atoms with Crippen LogP contribution in [0.1, 0.15) is 19.4 Å². The van der Waals surface area contributed by atoms with Crippen LogP contribution in [0.3, 0.4) is 0 Å². The topological polar surface area (TPSA) is 38.9 Å². The Morgan fingerprint density at radius 1 is 1.31 bits per heavy atom. The predicted molar refractivity (Wildman–Crippen MR) is 67.2 cm³/mol. The number of halogens is 2. The highest BCUT2D eigenvalue weighted by atomic mass is 35.5. The molecule has 0 amide bonds. The van der Waals surface area contributed by atoms with Crippen molar-refractivity contribution >= 4 is 28.2 Å². The second-order valence-electron chi connectivity index (χ2n) is 3.17. The third-order valence-electron chi connectivity index (χ3n) is 2.05. The van der Waals surface area contributed by atoms with E-state index in [-0.39, 0.29) is 16.7 Å². The van der Waals surface area contributed by atoms with E-state index in [0.717, 1.165) is 5.56 Å². The lowest BCUT2D eigenvalue weighted by Gasteiger charge is -2.05. The lowest BCUT2D eigenvalue weighted by molar-refractivity contribution is 0.638. The number of rotatable bonds is 0. The fraction of sp³-hybridized carbons (Fsp3) is 0.250. The first-order valence-corrected chi connectivity index (χ1v) is 5.47. The summed E-state index contributed by atoms with van der Waals surface area (Å²) in [5, 5.41) is 1.19. The van der Waals surface area contributed by atoms with Crippen LogP contribution in [0.5, 0.6) is 0 Å². The van der Waals surface area contributed by atoms with Gasteiger partial charge in [0.1, 0.15) is 11.6 Å². The summed E-state index contributed by atoms with van der Waals surface area (Å²) >= 11 is 5.86. The van der Waals surface area contributed by atoms with E-state index in [9.17, 15) is 4.39 Å². The Labute approximate surface area is 99.2 Å². The Morgan fingerprint density at radius 3 is 2.56 bits per heavy atom. The van der Waals surface area contributed by atoms with Crippen molar-refractivity contribution in [3.05, 3.63) is 34.7 Å². The zero-order valence-corrected chi connectivity index (χ0v) is 10.3. The summed E-state index contributed by atoms with van der Waals surface area (Å²) in [4.78, 5) is 3.87. The molecule has 0 radical (unpaired) electrons. The number of nitrogens with zero attached hydrogens (tertiary/aromatic N) is 1. The molecule has 2 N–H and O–H groups in total. The molecule has 0 aliphatic carbocycles. The Morgan fingerprint density at radius 2 is 1.94 bits per heavy atom. The third-order valence-corrected chi connectivity index (χ3v) is 2.43. The largest absolute Gasteiger partial charge is 0.382 e. The maximum atomic E-state index is 13.5. The molecule has 1 aromatic heterocycles. The summed E-state index contributed by atoms with van der Waals surface area (Å²) in [6.45, 7) is 5.81. The number of nitrogens with two attached hydrogens (primary N) is 1. The normalized spacial score (nSPS) is 9.81. The van der Waals surface area contributed by atoms with Crippen molar-refractivity contribution in [2.75, 3.05) is 5.73 Å². The number of aryl methyl sites for hydroxylation is 1. The highest BCUT2D eigenvalue weighted by Crippen LogP contribution is 2.29. The molecule has 2 nitrogen and oxygen atoms in total. The van der Waals surface area contributed by atoms with Crippen molar-refractivity contribution in [2.24, 2.45) is 0 Å². The van der Waals surface area contributed by atoms with Gasteiger partial charge in [-0.3, -0.25) is 0 Å². The quantitative estimate of drug-likeness (QED) is 0.757. The van der Waals surface area contributed by atoms with Gasteiger partial charge in [-0.1, -0.05) is 25.4 Å². The van der Waals surface area contributed by atoms with Gasteiger partial charge in [-0.25, -0.2) is 9.37 Å². The smallest absolute Gasteiger partial charge is 0.142 e. The van der Waals surface area contributed by atoms with Gasteiger partial charge in [0, 0.05) is 17.0 Å². The first-order valence-electron chi connectivity index (χ1n) is 5.09. The monoisotopic (exact) mass is 240 g/mol. The Balaban J connectivity index is 0.000000606. The van der Waals surface area contributed by atoms with Crippen LogP contribution >= 0.6 is 11.6 Å². The van der Waals surface area contributed by atoms with Crippen molar-refractivity contribution in [1.29, 1.82) is 0 Å². The summed E-state index contributed by atoms with van der Waals surface area (Å²) in [6, 6.07) is 3.24. The molecule has 1 aromatic carbocycles. The molecule has 0 bridgehead atoms. The van der Waals surface area contributed by atoms with E-state index in [1.54, 1.807) is 0 Å². The zero-order chi connectivity index (χ0) is 12.3. The molecule has 4 heteroatoms. The number of fused-ring (bicyclic) bond motifs is 1. The molecule has 16 heavy (non-hydrogen) atoms. The molecule has 0 atom stereocenters. The summed E-state index contributed by atoms with van der Waals surface area (Å²) in [6.07, 6.45) is 1.52. The van der Waals surface area contributed by atoms with Gasteiger partial charge in [-0.15, -0.1) is 0 Å². The van der Waals surface area contributed by atoms with Gasteiger partial charge in [0.2, 0.25) is 0 Å². The zero-order valence-electron chi connectivity index (χ0n) is 9.51. The van der Waals surface area contributed by atoms with Crippen molar-refractivity contribution < 1.29 is 4.39 Å². The Hall–Kier alpha value is -1.35. The van der Waals surface area contributed by atoms with Crippen LogP contribution in [0.15, 0.2) is 18.3 Å². The van der Waals surface area contributed by atoms with E-state index in [2.05, 4.69) is 4.98 Å². The summed E-state index contributed by atoms with van der Waals surface area (Å²) < 4.78 is 13.5. The van der Waals surface area contributed by atoms with Crippen LogP contribution in [0.4, 0.5) is 10.2 Å². The SMILES string of the molecule is CC.Cc1cc(F)c2c(Cl)c(N)ncc2c1. The van der Waals surface area contributed by atoms with Gasteiger partial charge in [0.15, 0.2) is 0 Å². The van der Waals surface area contributed by atoms with Crippen molar-refractivity contribution in [3.8, 4) is 0 Å². The van der Waals surface area contributed by atoms with Gasteiger partial charge in [0.05, 0.1) is 5.02 Å². The van der Waals surface area contributed by atoms with Crippen LogP contribution in [-0.2, 0) is 0 Å². The number of aromatic nitrogens is 1. The maximum Gasteiger partial charge on any atom is 0.142 e. The van der Waals surface area contributed by atoms with Crippen molar-refractivity contribution in [3.63, 3.8) is 0 Å². The third kappa shape index (κ3) is 2.25. The van der Waals surface area contributed by atoms with E-state index in [0.29, 0.717) is 10.8 Å². The first-order chi connectivity index (χ1) is 7.59. The number of nitrogen functional groups attached to an aromatic ring is 1. The van der Waals surface area contributed by atoms with Gasteiger partial charge in [-0.05, 0) is 24.6 Å². The van der Waals surface area contributed by atoms with Crippen LogP contribution < -0.4 is 5.73 Å². The molecule has 0 aliphatic heterocycles. The minimum atomic E-state index is -0.362. The number of pyridine rings is 1. The van der Waals surface area contributed by atoms with Crippen LogP contribution in [-0.4, -0.2) is 4.98 Å². The van der Waals surface area contributed by atoms with Crippen LogP contribution in [0.25, 0.3) is 10.8 Å². The first kappa shape index (κ1) is 12.7. The van der Waals surface area contributed by atoms with E-state index in [4.69, 9.17) is 17.3 Å². The van der Waals surface area contributed by atoms with Gasteiger partial charge < -0.3 is 5.73 Å². The number of hydrogen-bond acceptors (Lipinski definition) is 2. The Kier molecular flexibility index (Phi) is 4.07. The molecule has 86 valence electrons. The minimum Gasteiger partial charge on any atom is -0.382 e. The molecule has 2 aromatic rings. The standard InChI is InChI=1S/C10H8ClFN2.C2H6/c1-5-2-6-4-14-10(13)9(11)8(6)7(12)3-5;1-2/h2-4H,1H3,(H2,13,14);1-2H3. The van der Waals surface area contributed by atoms with Crippen LogP contribution in [0, 0.1) is 12.7 Å².